The summed E-state index contributed by atoms with van der Waals surface area (Å²) in [5.74, 6) is 0. The van der Waals surface area contributed by atoms with Crippen LogP contribution < -0.4 is 10.6 Å². The molecule has 0 bridgehead atoms. The summed E-state index contributed by atoms with van der Waals surface area (Å²) in [7, 11) is 0. The van der Waals surface area contributed by atoms with Gasteiger partial charge in [0.05, 0.1) is 18.8 Å². The van der Waals surface area contributed by atoms with E-state index in [1.807, 2.05) is 0 Å². The van der Waals surface area contributed by atoms with Crippen LogP contribution in [0.1, 0.15) is 26.7 Å². The molecule has 2 N–H and O–H groups in total. The first-order valence-corrected chi connectivity index (χ1v) is 8.92. The van der Waals surface area contributed by atoms with Crippen LogP contribution in [0.15, 0.2) is 0 Å². The molecule has 0 saturated carbocycles. The fourth-order valence-electron chi connectivity index (χ4n) is 3.56. The second kappa shape index (κ2) is 9.05. The molecule has 0 aromatic carbocycles. The Hall–Kier alpha value is -1.06. The summed E-state index contributed by atoms with van der Waals surface area (Å²) in [5, 5.41) is 5.54. The Balaban J connectivity index is 1.56. The number of nitrogens with zero attached hydrogens (tertiary/aromatic N) is 2. The number of hydrogen-bond donors (Lipinski definition) is 2. The van der Waals surface area contributed by atoms with Gasteiger partial charge in [-0.25, -0.2) is 4.79 Å². The third kappa shape index (κ3) is 7.79. The molecule has 0 radical (unpaired) electrons. The molecule has 0 aromatic heterocycles. The van der Waals surface area contributed by atoms with Gasteiger partial charge < -0.3 is 15.4 Å². The second-order valence-corrected chi connectivity index (χ2v) is 7.11. The number of carbonyl (C=O) groups is 1. The van der Waals surface area contributed by atoms with Crippen LogP contribution in [0.5, 0.6) is 0 Å². The Morgan fingerprint density at radius 2 is 1.84 bits per heavy atom. The molecule has 0 aromatic rings. The molecule has 2 aliphatic rings. The van der Waals surface area contributed by atoms with Gasteiger partial charge in [0, 0.05) is 45.3 Å². The van der Waals surface area contributed by atoms with Gasteiger partial charge >= 0.3 is 12.2 Å². The molecule has 2 saturated heterocycles. The van der Waals surface area contributed by atoms with Gasteiger partial charge in [-0.05, 0) is 26.7 Å². The molecular weight excluding hydrogens is 337 g/mol. The minimum absolute atomic E-state index is 0.219. The number of ether oxygens (including phenoxy) is 1. The molecule has 2 aliphatic heterocycles. The van der Waals surface area contributed by atoms with Crippen molar-refractivity contribution in [1.29, 1.82) is 0 Å². The Morgan fingerprint density at radius 3 is 2.48 bits per heavy atom. The number of hydrogen-bond acceptors (Lipinski definition) is 4. The normalized spacial score (nSPS) is 28.9. The molecule has 0 aliphatic carbocycles. The third-order valence-corrected chi connectivity index (χ3v) is 4.44. The molecule has 3 atom stereocenters. The minimum atomic E-state index is -4.19. The first kappa shape index (κ1) is 20.3. The average Bonchev–Trinajstić information content (AvgIpc) is 2.87. The number of nitrogens with one attached hydrogen (secondary N) is 2. The molecule has 2 rings (SSSR count). The number of rotatable bonds is 6. The van der Waals surface area contributed by atoms with E-state index in [9.17, 15) is 18.0 Å². The number of morpholine rings is 1. The molecule has 25 heavy (non-hydrogen) atoms. The van der Waals surface area contributed by atoms with Crippen molar-refractivity contribution in [2.75, 3.05) is 45.8 Å². The average molecular weight is 366 g/mol. The van der Waals surface area contributed by atoms with E-state index in [0.29, 0.717) is 19.5 Å². The molecule has 2 amide bonds. The number of likely N-dealkylation sites (tertiary alicyclic amines) is 1. The molecule has 9 heteroatoms. The van der Waals surface area contributed by atoms with Crippen molar-refractivity contribution in [1.82, 2.24) is 20.4 Å². The zero-order valence-corrected chi connectivity index (χ0v) is 14.9. The van der Waals surface area contributed by atoms with Crippen LogP contribution in [0.3, 0.4) is 0 Å². The fourth-order valence-corrected chi connectivity index (χ4v) is 3.56. The topological polar surface area (TPSA) is 56.8 Å². The molecule has 0 spiro atoms. The summed E-state index contributed by atoms with van der Waals surface area (Å²) < 4.78 is 42.7. The van der Waals surface area contributed by atoms with Gasteiger partial charge in [0.25, 0.3) is 0 Å². The van der Waals surface area contributed by atoms with Crippen molar-refractivity contribution in [3.05, 3.63) is 0 Å². The zero-order valence-electron chi connectivity index (χ0n) is 14.9. The van der Waals surface area contributed by atoms with Crippen molar-refractivity contribution < 1.29 is 22.7 Å². The van der Waals surface area contributed by atoms with E-state index in [-0.39, 0.29) is 30.8 Å². The summed E-state index contributed by atoms with van der Waals surface area (Å²) in [6.07, 6.45) is -2.36. The maximum atomic E-state index is 12.4. The van der Waals surface area contributed by atoms with Crippen molar-refractivity contribution >= 4 is 6.03 Å². The van der Waals surface area contributed by atoms with Crippen molar-refractivity contribution in [2.45, 2.75) is 51.1 Å². The third-order valence-electron chi connectivity index (χ3n) is 4.44. The number of amides is 2. The molecule has 6 nitrogen and oxygen atoms in total. The predicted molar refractivity (Wildman–Crippen MR) is 88.5 cm³/mol. The monoisotopic (exact) mass is 366 g/mol. The maximum Gasteiger partial charge on any atom is 0.401 e. The highest BCUT2D eigenvalue weighted by Gasteiger charge is 2.34. The van der Waals surface area contributed by atoms with Crippen LogP contribution in [-0.4, -0.2) is 86.1 Å². The Labute approximate surface area is 147 Å². The number of alkyl halides is 3. The SMILES string of the molecule is C[C@@H]1CN(CCCNC(=O)N[C@H]2CCN(CC(F)(F)F)C2)C[C@H](C)O1. The summed E-state index contributed by atoms with van der Waals surface area (Å²) in [6.45, 7) is 7.03. The summed E-state index contributed by atoms with van der Waals surface area (Å²) >= 11 is 0. The lowest BCUT2D eigenvalue weighted by atomic mass is 10.2. The van der Waals surface area contributed by atoms with Crippen molar-refractivity contribution in [3.63, 3.8) is 0 Å². The van der Waals surface area contributed by atoms with Crippen LogP contribution in [-0.2, 0) is 4.74 Å². The van der Waals surface area contributed by atoms with Crippen LogP contribution in [0.2, 0.25) is 0 Å². The molecule has 2 fully saturated rings. The number of halogens is 3. The summed E-state index contributed by atoms with van der Waals surface area (Å²) in [6, 6.07) is -0.522. The van der Waals surface area contributed by atoms with Crippen molar-refractivity contribution in [2.24, 2.45) is 0 Å². The van der Waals surface area contributed by atoms with E-state index in [2.05, 4.69) is 29.4 Å². The van der Waals surface area contributed by atoms with Gasteiger partial charge in [-0.2, -0.15) is 13.2 Å². The van der Waals surface area contributed by atoms with Gasteiger partial charge in [-0.3, -0.25) is 9.80 Å². The second-order valence-electron chi connectivity index (χ2n) is 7.11. The fraction of sp³-hybridized carbons (Fsp3) is 0.938. The standard InChI is InChI=1S/C16H29F3N4O2/c1-12-8-22(9-13(2)25-12)6-3-5-20-15(24)21-14-4-7-23(10-14)11-16(17,18)19/h12-14H,3-11H2,1-2H3,(H2,20,21,24)/t12-,13+,14-/m0/s1. The lowest BCUT2D eigenvalue weighted by Crippen LogP contribution is -2.47. The summed E-state index contributed by atoms with van der Waals surface area (Å²) in [4.78, 5) is 15.5. The Kier molecular flexibility index (Phi) is 7.33. The first-order chi connectivity index (χ1) is 11.7. The van der Waals surface area contributed by atoms with Gasteiger partial charge in [0.1, 0.15) is 0 Å². The molecule has 0 unspecified atom stereocenters. The Bertz CT molecular complexity index is 426. The summed E-state index contributed by atoms with van der Waals surface area (Å²) in [5.41, 5.74) is 0. The highest BCUT2D eigenvalue weighted by Crippen LogP contribution is 2.19. The van der Waals surface area contributed by atoms with E-state index >= 15 is 0 Å². The molecule has 146 valence electrons. The van der Waals surface area contributed by atoms with E-state index in [0.717, 1.165) is 26.1 Å². The van der Waals surface area contributed by atoms with Crippen LogP contribution in [0.25, 0.3) is 0 Å². The molecular formula is C16H29F3N4O2. The van der Waals surface area contributed by atoms with Gasteiger partial charge in [-0.1, -0.05) is 0 Å². The van der Waals surface area contributed by atoms with Crippen LogP contribution >= 0.6 is 0 Å². The van der Waals surface area contributed by atoms with Gasteiger partial charge in [0.15, 0.2) is 0 Å². The largest absolute Gasteiger partial charge is 0.401 e. The highest BCUT2D eigenvalue weighted by molar-refractivity contribution is 5.74. The quantitative estimate of drug-likeness (QED) is 0.698. The zero-order chi connectivity index (χ0) is 18.4. The van der Waals surface area contributed by atoms with Crippen molar-refractivity contribution in [3.8, 4) is 0 Å². The van der Waals surface area contributed by atoms with E-state index in [1.165, 1.54) is 4.90 Å². The maximum absolute atomic E-state index is 12.4. The van der Waals surface area contributed by atoms with Gasteiger partial charge in [-0.15, -0.1) is 0 Å². The number of urea groups is 1. The predicted octanol–water partition coefficient (Wildman–Crippen LogP) is 1.42. The lowest BCUT2D eigenvalue weighted by molar-refractivity contribution is -0.143. The van der Waals surface area contributed by atoms with E-state index in [1.54, 1.807) is 0 Å². The van der Waals surface area contributed by atoms with Gasteiger partial charge in [0.2, 0.25) is 0 Å². The number of carbonyl (C=O) groups excluding carboxylic acids is 1. The Morgan fingerprint density at radius 1 is 1.16 bits per heavy atom. The van der Waals surface area contributed by atoms with Crippen LogP contribution in [0.4, 0.5) is 18.0 Å². The van der Waals surface area contributed by atoms with E-state index in [4.69, 9.17) is 4.74 Å². The first-order valence-electron chi connectivity index (χ1n) is 8.92. The molecule has 2 heterocycles. The highest BCUT2D eigenvalue weighted by atomic mass is 19.4. The van der Waals surface area contributed by atoms with E-state index < -0.39 is 12.7 Å². The lowest BCUT2D eigenvalue weighted by Gasteiger charge is -2.35. The smallest absolute Gasteiger partial charge is 0.373 e. The van der Waals surface area contributed by atoms with Crippen LogP contribution in [0, 0.1) is 0 Å². The minimum Gasteiger partial charge on any atom is -0.373 e.